The molecule has 0 aromatic rings. The van der Waals surface area contributed by atoms with Crippen LogP contribution in [-0.2, 0) is 18.1 Å². The first-order chi connectivity index (χ1) is 18.4. The molecule has 0 heterocycles. The summed E-state index contributed by atoms with van der Waals surface area (Å²) in [6.07, 6.45) is 29.0. The molecule has 0 saturated heterocycles. The summed E-state index contributed by atoms with van der Waals surface area (Å²) in [6, 6.07) is 0. The third-order valence-corrected chi connectivity index (χ3v) is 9.42. The molecule has 0 aliphatic heterocycles. The minimum atomic E-state index is -3.60. The van der Waals surface area contributed by atoms with Crippen molar-refractivity contribution in [2.75, 3.05) is 0 Å². The average Bonchev–Trinajstić information content (AvgIpc) is 2.86. The molecule has 0 spiro atoms. The molecule has 0 bridgehead atoms. The third-order valence-electron chi connectivity index (χ3n) is 7.57. The minimum Gasteiger partial charge on any atom is -0.284 e. The molecular weight excluding hydrogens is 491 g/mol. The highest BCUT2D eigenvalue weighted by molar-refractivity contribution is 7.48. The number of phosphoric ester groups is 1. The first-order valence-electron chi connectivity index (χ1n) is 17.0. The van der Waals surface area contributed by atoms with Crippen LogP contribution in [0.2, 0.25) is 0 Å². The molecule has 0 rings (SSSR count). The zero-order valence-electron chi connectivity index (χ0n) is 26.8. The lowest BCUT2D eigenvalue weighted by molar-refractivity contribution is 0.0358. The first-order valence-corrected chi connectivity index (χ1v) is 18.5. The van der Waals surface area contributed by atoms with Gasteiger partial charge in [-0.25, -0.2) is 4.57 Å². The Kier molecular flexibility index (Phi) is 27.4. The van der Waals surface area contributed by atoms with Gasteiger partial charge in [-0.2, -0.15) is 0 Å². The van der Waals surface area contributed by atoms with Crippen molar-refractivity contribution in [2.24, 2.45) is 0 Å². The summed E-state index contributed by atoms with van der Waals surface area (Å²) >= 11 is 0. The Morgan fingerprint density at radius 1 is 0.395 bits per heavy atom. The summed E-state index contributed by atoms with van der Waals surface area (Å²) < 4.78 is 32.0. The van der Waals surface area contributed by atoms with Crippen LogP contribution < -0.4 is 0 Å². The lowest BCUT2D eigenvalue weighted by Crippen LogP contribution is -2.17. The maximum Gasteiger partial charge on any atom is 0.475 e. The van der Waals surface area contributed by atoms with Crippen LogP contribution in [0, 0.1) is 0 Å². The van der Waals surface area contributed by atoms with Crippen molar-refractivity contribution >= 4 is 7.82 Å². The lowest BCUT2D eigenvalue weighted by atomic mass is 10.1. The molecule has 3 atom stereocenters. The fourth-order valence-electron chi connectivity index (χ4n) is 5.06. The van der Waals surface area contributed by atoms with Crippen molar-refractivity contribution in [3.05, 3.63) is 0 Å². The number of unbranched alkanes of at least 4 members (excludes halogenated alkanes) is 18. The van der Waals surface area contributed by atoms with E-state index >= 15 is 0 Å². The van der Waals surface area contributed by atoms with Crippen LogP contribution in [0.25, 0.3) is 0 Å². The van der Waals surface area contributed by atoms with E-state index in [9.17, 15) is 4.57 Å². The van der Waals surface area contributed by atoms with E-state index in [0.29, 0.717) is 0 Å². The molecule has 0 amide bonds. The van der Waals surface area contributed by atoms with Gasteiger partial charge in [-0.05, 0) is 40.0 Å². The van der Waals surface area contributed by atoms with Gasteiger partial charge in [-0.15, -0.1) is 0 Å². The number of hydrogen-bond acceptors (Lipinski definition) is 4. The van der Waals surface area contributed by atoms with Crippen LogP contribution in [0.15, 0.2) is 0 Å². The Labute approximate surface area is 239 Å². The Balaban J connectivity index is 4.59. The third kappa shape index (κ3) is 25.1. The van der Waals surface area contributed by atoms with E-state index in [1.165, 1.54) is 116 Å². The maximum absolute atomic E-state index is 13.8. The largest absolute Gasteiger partial charge is 0.475 e. The Bertz CT molecular complexity index is 456. The molecule has 0 aromatic heterocycles. The molecule has 0 aromatic carbocycles. The van der Waals surface area contributed by atoms with Crippen LogP contribution in [0.4, 0.5) is 0 Å². The molecule has 0 fully saturated rings. The van der Waals surface area contributed by atoms with E-state index in [0.717, 1.165) is 38.5 Å². The summed E-state index contributed by atoms with van der Waals surface area (Å²) in [5.74, 6) is 0. The van der Waals surface area contributed by atoms with Crippen molar-refractivity contribution in [1.82, 2.24) is 0 Å². The second kappa shape index (κ2) is 27.3. The monoisotopic (exact) mass is 560 g/mol. The van der Waals surface area contributed by atoms with Gasteiger partial charge in [0.15, 0.2) is 0 Å². The molecule has 3 unspecified atom stereocenters. The van der Waals surface area contributed by atoms with E-state index < -0.39 is 7.82 Å². The van der Waals surface area contributed by atoms with E-state index in [4.69, 9.17) is 13.6 Å². The van der Waals surface area contributed by atoms with Crippen LogP contribution in [0.5, 0.6) is 0 Å². The molecule has 4 nitrogen and oxygen atoms in total. The number of hydrogen-bond donors (Lipinski definition) is 0. The fourth-order valence-corrected chi connectivity index (χ4v) is 6.85. The number of phosphoric acid groups is 1. The van der Waals surface area contributed by atoms with E-state index in [2.05, 4.69) is 20.8 Å². The van der Waals surface area contributed by atoms with Crippen LogP contribution in [0.3, 0.4) is 0 Å². The molecule has 5 heteroatoms. The molecule has 0 saturated carbocycles. The smallest absolute Gasteiger partial charge is 0.284 e. The minimum absolute atomic E-state index is 0.118. The van der Waals surface area contributed by atoms with Crippen LogP contribution in [-0.4, -0.2) is 18.3 Å². The first kappa shape index (κ1) is 38.1. The zero-order chi connectivity index (χ0) is 28.3. The van der Waals surface area contributed by atoms with Crippen molar-refractivity contribution in [3.63, 3.8) is 0 Å². The molecule has 0 N–H and O–H groups in total. The van der Waals surface area contributed by atoms with E-state index in [-0.39, 0.29) is 18.3 Å². The summed E-state index contributed by atoms with van der Waals surface area (Å²) in [5, 5.41) is 0. The fraction of sp³-hybridized carbons (Fsp3) is 1.00. The quantitative estimate of drug-likeness (QED) is 0.0647. The van der Waals surface area contributed by atoms with Crippen molar-refractivity contribution in [3.8, 4) is 0 Å². The second-order valence-corrected chi connectivity index (χ2v) is 13.5. The number of rotatable bonds is 30. The van der Waals surface area contributed by atoms with Gasteiger partial charge >= 0.3 is 7.82 Å². The van der Waals surface area contributed by atoms with Gasteiger partial charge in [0, 0.05) is 0 Å². The topological polar surface area (TPSA) is 44.8 Å². The molecular formula is C33H69O4P. The SMILES string of the molecule is CCCCCCCCCC(C)OP(=O)(OC(C)CCCCCCCCC)OC(C)CCCCCCCCC. The predicted octanol–water partition coefficient (Wildman–Crippen LogP) is 12.7. The molecule has 0 radical (unpaired) electrons. The van der Waals surface area contributed by atoms with Gasteiger partial charge in [-0.3, -0.25) is 13.6 Å². The standard InChI is InChI=1S/C33H69O4P/c1-7-10-13-16-19-22-25-28-31(4)35-38(34,36-32(5)29-26-23-20-17-14-11-8-2)37-33(6)30-27-24-21-18-15-12-9-3/h31-33H,7-30H2,1-6H3. The molecule has 38 heavy (non-hydrogen) atoms. The zero-order valence-corrected chi connectivity index (χ0v) is 27.7. The predicted molar refractivity (Wildman–Crippen MR) is 167 cm³/mol. The highest BCUT2D eigenvalue weighted by atomic mass is 31.2. The van der Waals surface area contributed by atoms with E-state index in [1.54, 1.807) is 0 Å². The van der Waals surface area contributed by atoms with Gasteiger partial charge < -0.3 is 0 Å². The highest BCUT2D eigenvalue weighted by Crippen LogP contribution is 2.54. The van der Waals surface area contributed by atoms with Gasteiger partial charge in [-0.1, -0.05) is 156 Å². The molecule has 230 valence electrons. The Morgan fingerprint density at radius 2 is 0.605 bits per heavy atom. The molecule has 0 aliphatic carbocycles. The lowest BCUT2D eigenvalue weighted by Gasteiger charge is -2.27. The van der Waals surface area contributed by atoms with Crippen LogP contribution in [0.1, 0.15) is 196 Å². The second-order valence-electron chi connectivity index (χ2n) is 11.9. The summed E-state index contributed by atoms with van der Waals surface area (Å²) in [7, 11) is -3.60. The summed E-state index contributed by atoms with van der Waals surface area (Å²) in [6.45, 7) is 12.8. The Hall–Kier alpha value is 0.110. The highest BCUT2D eigenvalue weighted by Gasteiger charge is 2.33. The van der Waals surface area contributed by atoms with Gasteiger partial charge in [0.25, 0.3) is 0 Å². The maximum atomic E-state index is 13.8. The van der Waals surface area contributed by atoms with Crippen LogP contribution >= 0.6 is 7.82 Å². The van der Waals surface area contributed by atoms with Crippen molar-refractivity contribution in [1.29, 1.82) is 0 Å². The normalized spacial score (nSPS) is 15.8. The summed E-state index contributed by atoms with van der Waals surface area (Å²) in [4.78, 5) is 0. The van der Waals surface area contributed by atoms with Gasteiger partial charge in [0.1, 0.15) is 0 Å². The van der Waals surface area contributed by atoms with Crippen molar-refractivity contribution < 1.29 is 18.1 Å². The average molecular weight is 561 g/mol. The molecule has 0 aliphatic rings. The summed E-state index contributed by atoms with van der Waals surface area (Å²) in [5.41, 5.74) is 0. The Morgan fingerprint density at radius 3 is 0.842 bits per heavy atom. The van der Waals surface area contributed by atoms with Gasteiger partial charge in [0.05, 0.1) is 18.3 Å². The van der Waals surface area contributed by atoms with Gasteiger partial charge in [0.2, 0.25) is 0 Å². The van der Waals surface area contributed by atoms with E-state index in [1.807, 2.05) is 20.8 Å². The van der Waals surface area contributed by atoms with Crippen molar-refractivity contribution in [2.45, 2.75) is 214 Å².